The highest BCUT2D eigenvalue weighted by molar-refractivity contribution is 7.98. The molecule has 4 atom stereocenters. The van der Waals surface area contributed by atoms with Crippen LogP contribution < -0.4 is 0 Å². The Hall–Kier alpha value is -0.700. The summed E-state index contributed by atoms with van der Waals surface area (Å²) in [4.78, 5) is 45.2. The Balaban J connectivity index is -0.0000000774. The van der Waals surface area contributed by atoms with Gasteiger partial charge in [-0.05, 0) is 36.2 Å². The Morgan fingerprint density at radius 2 is 0.558 bits per heavy atom. The summed E-state index contributed by atoms with van der Waals surface area (Å²) in [5.41, 5.74) is 0. The highest BCUT2D eigenvalue weighted by Gasteiger charge is 2.15. The van der Waals surface area contributed by atoms with E-state index < -0.39 is 0 Å². The van der Waals surface area contributed by atoms with Crippen LogP contribution in [-0.2, 0) is 28.7 Å². The molecule has 0 heterocycles. The first-order valence-corrected chi connectivity index (χ1v) is 23.2. The molecule has 0 aromatic rings. The molecule has 0 bridgehead atoms. The van der Waals surface area contributed by atoms with E-state index in [1.54, 1.807) is 37.7 Å². The van der Waals surface area contributed by atoms with Crippen molar-refractivity contribution in [3.8, 4) is 0 Å². The molecule has 0 fully saturated rings. The van der Waals surface area contributed by atoms with Crippen molar-refractivity contribution >= 4 is 46.7 Å². The summed E-state index contributed by atoms with van der Waals surface area (Å²) in [6.07, 6.45) is 6.90. The molecular weight excluding hydrogens is 689 g/mol. The van der Waals surface area contributed by atoms with Crippen LogP contribution in [-0.4, -0.2) is 74.6 Å². The van der Waals surface area contributed by atoms with Gasteiger partial charge in [-0.2, -0.15) is 23.5 Å². The summed E-state index contributed by atoms with van der Waals surface area (Å²) in [7, 11) is 3.25. The van der Waals surface area contributed by atoms with E-state index in [4.69, 9.17) is 9.47 Å². The number of hydrogen-bond acceptors (Lipinski definition) is 8. The second kappa shape index (κ2) is 54.6. The lowest BCUT2D eigenvalue weighted by Gasteiger charge is -2.10. The first kappa shape index (κ1) is 69.2. The average Bonchev–Trinajstić information content (AvgIpc) is 3.08. The van der Waals surface area contributed by atoms with E-state index in [2.05, 4.69) is 55.4 Å². The topological polar surface area (TPSA) is 86.7 Å². The maximum absolute atomic E-state index is 11.3. The van der Waals surface area contributed by atoms with Gasteiger partial charge in [0.05, 0.1) is 13.2 Å². The maximum Gasteiger partial charge on any atom is 0.138 e. The third kappa shape index (κ3) is 61.3. The number of carbonyl (C=O) groups excluding carboxylic acids is 4. The SMILES string of the molecule is CC.CC.CC.CC.COCC(C)C(=O)CC(C)C.COCC(C)C(=O)CC(C)C.CSCC(C)C(=O)CC(C)C.CSCC(C)C(=O)CC(C)C. The largest absolute Gasteiger partial charge is 0.384 e. The van der Waals surface area contributed by atoms with Crippen LogP contribution >= 0.6 is 23.5 Å². The number of methoxy groups -OCH3 is 2. The van der Waals surface area contributed by atoms with Gasteiger partial charge in [-0.1, -0.05) is 138 Å². The number of carbonyl (C=O) groups is 4. The molecule has 0 aliphatic carbocycles. The number of Topliss-reactive ketones (excluding diaryl/α,β-unsaturated/α-hetero) is 4. The second-order valence-electron chi connectivity index (χ2n) is 13.7. The van der Waals surface area contributed by atoms with E-state index in [9.17, 15) is 19.2 Å². The summed E-state index contributed by atoms with van der Waals surface area (Å²) >= 11 is 3.49. The number of ether oxygens (including phenoxy) is 2. The van der Waals surface area contributed by atoms with E-state index in [-0.39, 0.29) is 23.7 Å². The molecule has 0 saturated heterocycles. The summed E-state index contributed by atoms with van der Waals surface area (Å²) in [5.74, 6) is 5.90. The quantitative estimate of drug-likeness (QED) is 0.121. The Bertz CT molecular complexity index is 604. The molecule has 0 rings (SSSR count). The van der Waals surface area contributed by atoms with Crippen molar-refractivity contribution in [2.24, 2.45) is 47.3 Å². The Kier molecular flexibility index (Phi) is 72.7. The van der Waals surface area contributed by atoms with Crippen LogP contribution in [0.1, 0.15) is 164 Å². The third-order valence-electron chi connectivity index (χ3n) is 6.30. The third-order valence-corrected chi connectivity index (χ3v) is 7.97. The Morgan fingerprint density at radius 3 is 0.692 bits per heavy atom. The zero-order valence-corrected chi connectivity index (χ0v) is 41.2. The normalized spacial score (nSPS) is 11.9. The Labute approximate surface area is 337 Å². The molecule has 4 unspecified atom stereocenters. The fourth-order valence-corrected chi connectivity index (χ4v) is 5.16. The molecule has 0 aliphatic heterocycles. The predicted molar refractivity (Wildman–Crippen MR) is 240 cm³/mol. The van der Waals surface area contributed by atoms with Gasteiger partial charge in [0.2, 0.25) is 0 Å². The van der Waals surface area contributed by atoms with Gasteiger partial charge in [0.25, 0.3) is 0 Å². The van der Waals surface area contributed by atoms with Gasteiger partial charge in [0.1, 0.15) is 23.1 Å². The van der Waals surface area contributed by atoms with Crippen molar-refractivity contribution in [2.45, 2.75) is 164 Å². The van der Waals surface area contributed by atoms with Gasteiger partial charge < -0.3 is 9.47 Å². The number of ketones is 4. The van der Waals surface area contributed by atoms with E-state index in [0.29, 0.717) is 72.9 Å². The summed E-state index contributed by atoms with van der Waals surface area (Å²) in [5, 5.41) is 0. The highest BCUT2D eigenvalue weighted by Crippen LogP contribution is 2.13. The van der Waals surface area contributed by atoms with Gasteiger partial charge in [0.15, 0.2) is 0 Å². The average molecular weight is 785 g/mol. The Morgan fingerprint density at radius 1 is 0.385 bits per heavy atom. The monoisotopic (exact) mass is 785 g/mol. The fraction of sp³-hybridized carbons (Fsp3) is 0.909. The van der Waals surface area contributed by atoms with E-state index in [0.717, 1.165) is 24.3 Å². The minimum atomic E-state index is 0.0578. The summed E-state index contributed by atoms with van der Waals surface area (Å²) in [6.45, 7) is 41.5. The van der Waals surface area contributed by atoms with Crippen LogP contribution in [0.3, 0.4) is 0 Å². The predicted octanol–water partition coefficient (Wildman–Crippen LogP) is 13.1. The summed E-state index contributed by atoms with van der Waals surface area (Å²) in [6, 6.07) is 0. The van der Waals surface area contributed by atoms with Crippen molar-refractivity contribution < 1.29 is 28.7 Å². The zero-order chi connectivity index (χ0) is 43.4. The molecule has 320 valence electrons. The number of rotatable bonds is 20. The molecule has 0 aromatic heterocycles. The molecule has 0 aliphatic rings. The first-order chi connectivity index (χ1) is 24.3. The van der Waals surface area contributed by atoms with Gasteiger partial charge in [-0.15, -0.1) is 0 Å². The first-order valence-electron chi connectivity index (χ1n) is 20.4. The van der Waals surface area contributed by atoms with Crippen molar-refractivity contribution in [3.05, 3.63) is 0 Å². The van der Waals surface area contributed by atoms with Crippen LogP contribution in [0.25, 0.3) is 0 Å². The minimum absolute atomic E-state index is 0.0578. The lowest BCUT2D eigenvalue weighted by Crippen LogP contribution is -2.17. The zero-order valence-electron chi connectivity index (χ0n) is 39.5. The van der Waals surface area contributed by atoms with Gasteiger partial charge in [-0.25, -0.2) is 0 Å². The van der Waals surface area contributed by atoms with Gasteiger partial charge in [-0.3, -0.25) is 19.2 Å². The fourth-order valence-electron chi connectivity index (χ4n) is 3.79. The molecule has 6 nitrogen and oxygen atoms in total. The number of thioether (sulfide) groups is 2. The van der Waals surface area contributed by atoms with Gasteiger partial charge in [0, 0.05) is 75.1 Å². The lowest BCUT2D eigenvalue weighted by atomic mass is 9.98. The van der Waals surface area contributed by atoms with Gasteiger partial charge >= 0.3 is 0 Å². The number of hydrogen-bond donors (Lipinski definition) is 0. The van der Waals surface area contributed by atoms with E-state index in [1.807, 2.05) is 95.6 Å². The molecule has 0 N–H and O–H groups in total. The van der Waals surface area contributed by atoms with Crippen LogP contribution in [0.15, 0.2) is 0 Å². The van der Waals surface area contributed by atoms with E-state index in [1.165, 1.54) is 0 Å². The molecule has 0 spiro atoms. The lowest BCUT2D eigenvalue weighted by molar-refractivity contribution is -0.125. The van der Waals surface area contributed by atoms with Crippen molar-refractivity contribution in [1.29, 1.82) is 0 Å². The van der Waals surface area contributed by atoms with Crippen LogP contribution in [0.4, 0.5) is 0 Å². The van der Waals surface area contributed by atoms with Crippen LogP contribution in [0.2, 0.25) is 0 Å². The molecule has 8 heteroatoms. The molecule has 52 heavy (non-hydrogen) atoms. The summed E-state index contributed by atoms with van der Waals surface area (Å²) < 4.78 is 9.77. The maximum atomic E-state index is 11.3. The standard InChI is InChI=1S/2C9H18O2.2C9H18OS.4C2H6/c4*1-7(2)5-9(10)8(3)6-11-4;4*1-2/h4*7-8H,5-6H2,1-4H3;4*1-2H3. The molecular formula is C44H96O6S2. The molecule has 0 radical (unpaired) electrons. The highest BCUT2D eigenvalue weighted by atomic mass is 32.2. The smallest absolute Gasteiger partial charge is 0.138 e. The van der Waals surface area contributed by atoms with Crippen LogP contribution in [0, 0.1) is 47.3 Å². The van der Waals surface area contributed by atoms with Crippen molar-refractivity contribution in [2.75, 3.05) is 51.5 Å². The van der Waals surface area contributed by atoms with Crippen molar-refractivity contribution in [1.82, 2.24) is 0 Å². The van der Waals surface area contributed by atoms with Crippen LogP contribution in [0.5, 0.6) is 0 Å². The van der Waals surface area contributed by atoms with Crippen molar-refractivity contribution in [3.63, 3.8) is 0 Å². The van der Waals surface area contributed by atoms with E-state index >= 15 is 0 Å². The molecule has 0 saturated carbocycles. The molecule has 0 aromatic carbocycles. The molecule has 0 amide bonds. The second-order valence-corrected chi connectivity index (χ2v) is 15.5. The minimum Gasteiger partial charge on any atom is -0.384 e.